The normalized spacial score (nSPS) is 10.6. The lowest BCUT2D eigenvalue weighted by Gasteiger charge is -2.06. The highest BCUT2D eigenvalue weighted by Crippen LogP contribution is 2.15. The van der Waals surface area contributed by atoms with Gasteiger partial charge in [-0.15, -0.1) is 0 Å². The molecule has 3 nitrogen and oxygen atoms in total. The Morgan fingerprint density at radius 3 is 2.47 bits per heavy atom. The number of benzene rings is 1. The monoisotopic (exact) mass is 225 g/mol. The molecule has 0 radical (unpaired) electrons. The first-order chi connectivity index (χ1) is 7.09. The summed E-state index contributed by atoms with van der Waals surface area (Å²) in [5.41, 5.74) is 0.322. The van der Waals surface area contributed by atoms with Crippen LogP contribution in [0, 0.1) is 5.92 Å². The number of carbonyl (C=O) groups is 1. The topological polar surface area (TPSA) is 49.3 Å². The summed E-state index contributed by atoms with van der Waals surface area (Å²) in [6, 6.07) is 6.84. The average molecular weight is 225 g/mol. The smallest absolute Gasteiger partial charge is 0.335 e. The Morgan fingerprint density at radius 2 is 2.00 bits per heavy atom. The number of rotatable bonds is 5. The molecule has 0 aliphatic rings. The lowest BCUT2D eigenvalue weighted by molar-refractivity contribution is 0.0697. The predicted octanol–water partition coefficient (Wildman–Crippen LogP) is 2.64. The molecule has 1 aromatic rings. The highest BCUT2D eigenvalue weighted by molar-refractivity contribution is 7.97. The van der Waals surface area contributed by atoms with E-state index < -0.39 is 5.97 Å². The molecule has 2 N–H and O–H groups in total. The molecule has 0 spiro atoms. The number of hydrogen-bond donors (Lipinski definition) is 2. The Labute approximate surface area is 94.0 Å². The van der Waals surface area contributed by atoms with Crippen LogP contribution in [0.25, 0.3) is 0 Å². The highest BCUT2D eigenvalue weighted by atomic mass is 32.2. The Morgan fingerprint density at radius 1 is 1.40 bits per heavy atom. The zero-order valence-corrected chi connectivity index (χ0v) is 9.67. The van der Waals surface area contributed by atoms with E-state index in [1.165, 1.54) is 11.9 Å². The average Bonchev–Trinajstić information content (AvgIpc) is 2.18. The van der Waals surface area contributed by atoms with Crippen LogP contribution in [0.5, 0.6) is 0 Å². The van der Waals surface area contributed by atoms with Crippen LogP contribution < -0.4 is 4.72 Å². The molecule has 0 unspecified atom stereocenters. The molecule has 0 saturated heterocycles. The SMILES string of the molecule is CC(C)CNSc1ccc(C(=O)O)cc1. The van der Waals surface area contributed by atoms with Crippen LogP contribution in [0.15, 0.2) is 29.2 Å². The third-order valence-corrected chi connectivity index (χ3v) is 2.60. The molecule has 0 atom stereocenters. The summed E-state index contributed by atoms with van der Waals surface area (Å²) in [5.74, 6) is -0.280. The zero-order chi connectivity index (χ0) is 11.3. The van der Waals surface area contributed by atoms with Gasteiger partial charge in [-0.05, 0) is 42.1 Å². The molecule has 0 amide bonds. The fourth-order valence-corrected chi connectivity index (χ4v) is 1.81. The fraction of sp³-hybridized carbons (Fsp3) is 0.364. The van der Waals surface area contributed by atoms with Gasteiger partial charge in [-0.2, -0.15) is 0 Å². The number of aromatic carboxylic acids is 1. The van der Waals surface area contributed by atoms with Crippen LogP contribution in [0.4, 0.5) is 0 Å². The van der Waals surface area contributed by atoms with Gasteiger partial charge in [0.2, 0.25) is 0 Å². The van der Waals surface area contributed by atoms with Crippen LogP contribution in [0.2, 0.25) is 0 Å². The molecule has 1 aromatic carbocycles. The zero-order valence-electron chi connectivity index (χ0n) is 8.86. The van der Waals surface area contributed by atoms with E-state index in [1.54, 1.807) is 24.3 Å². The van der Waals surface area contributed by atoms with E-state index >= 15 is 0 Å². The van der Waals surface area contributed by atoms with Gasteiger partial charge < -0.3 is 5.11 Å². The van der Waals surface area contributed by atoms with E-state index in [0.717, 1.165) is 11.4 Å². The van der Waals surface area contributed by atoms with Crippen LogP contribution in [-0.2, 0) is 0 Å². The minimum atomic E-state index is -0.887. The largest absolute Gasteiger partial charge is 0.478 e. The molecule has 0 aliphatic carbocycles. The summed E-state index contributed by atoms with van der Waals surface area (Å²) in [6.45, 7) is 5.22. The standard InChI is InChI=1S/C11H15NO2S/c1-8(2)7-12-15-10-5-3-9(4-6-10)11(13)14/h3-6,8,12H,7H2,1-2H3,(H,13,14). The second-order valence-electron chi connectivity index (χ2n) is 3.67. The van der Waals surface area contributed by atoms with Crippen molar-refractivity contribution in [3.05, 3.63) is 29.8 Å². The molecular weight excluding hydrogens is 210 g/mol. The van der Waals surface area contributed by atoms with E-state index in [-0.39, 0.29) is 0 Å². The summed E-state index contributed by atoms with van der Waals surface area (Å²) in [5, 5.41) is 8.70. The minimum absolute atomic E-state index is 0.322. The molecule has 0 heterocycles. The molecule has 0 fully saturated rings. The number of carboxylic acids is 1. The van der Waals surface area contributed by atoms with Crippen LogP contribution >= 0.6 is 11.9 Å². The summed E-state index contributed by atoms with van der Waals surface area (Å²) in [7, 11) is 0. The second-order valence-corrected chi connectivity index (χ2v) is 4.64. The van der Waals surface area contributed by atoms with Crippen molar-refractivity contribution in [2.45, 2.75) is 18.7 Å². The van der Waals surface area contributed by atoms with E-state index in [4.69, 9.17) is 5.11 Å². The first-order valence-electron chi connectivity index (χ1n) is 4.82. The van der Waals surface area contributed by atoms with Crippen LogP contribution in [0.3, 0.4) is 0 Å². The maximum Gasteiger partial charge on any atom is 0.335 e. The molecular formula is C11H15NO2S. The first-order valence-corrected chi connectivity index (χ1v) is 5.64. The van der Waals surface area contributed by atoms with Gasteiger partial charge in [-0.25, -0.2) is 4.79 Å². The van der Waals surface area contributed by atoms with Crippen molar-refractivity contribution in [2.24, 2.45) is 5.92 Å². The minimum Gasteiger partial charge on any atom is -0.478 e. The maximum absolute atomic E-state index is 10.6. The van der Waals surface area contributed by atoms with Crippen molar-refractivity contribution in [1.29, 1.82) is 0 Å². The van der Waals surface area contributed by atoms with Gasteiger partial charge in [0, 0.05) is 11.4 Å². The maximum atomic E-state index is 10.6. The van der Waals surface area contributed by atoms with Crippen molar-refractivity contribution in [2.75, 3.05) is 6.54 Å². The summed E-state index contributed by atoms with van der Waals surface area (Å²) < 4.78 is 3.22. The molecule has 0 saturated carbocycles. The highest BCUT2D eigenvalue weighted by Gasteiger charge is 2.01. The molecule has 15 heavy (non-hydrogen) atoms. The Balaban J connectivity index is 2.46. The van der Waals surface area contributed by atoms with Gasteiger partial charge in [0.25, 0.3) is 0 Å². The van der Waals surface area contributed by atoms with Gasteiger partial charge in [0.1, 0.15) is 0 Å². The first kappa shape index (κ1) is 12.1. The molecule has 4 heteroatoms. The fourth-order valence-electron chi connectivity index (χ4n) is 0.957. The Kier molecular flexibility index (Phi) is 4.65. The van der Waals surface area contributed by atoms with Gasteiger partial charge >= 0.3 is 5.97 Å². The van der Waals surface area contributed by atoms with Gasteiger partial charge in [0.15, 0.2) is 0 Å². The lowest BCUT2D eigenvalue weighted by Crippen LogP contribution is -2.11. The van der Waals surface area contributed by atoms with Gasteiger partial charge in [0.05, 0.1) is 5.56 Å². The number of carboxylic acid groups (broad SMARTS) is 1. The van der Waals surface area contributed by atoms with Crippen molar-refractivity contribution >= 4 is 17.9 Å². The van der Waals surface area contributed by atoms with Crippen molar-refractivity contribution < 1.29 is 9.90 Å². The molecule has 0 bridgehead atoms. The van der Waals surface area contributed by atoms with Crippen molar-refractivity contribution in [3.8, 4) is 0 Å². The second kappa shape index (κ2) is 5.78. The van der Waals surface area contributed by atoms with E-state index in [0.29, 0.717) is 11.5 Å². The Hall–Kier alpha value is -1.00. The van der Waals surface area contributed by atoms with Crippen LogP contribution in [-0.4, -0.2) is 17.6 Å². The molecule has 0 aliphatic heterocycles. The van der Waals surface area contributed by atoms with Gasteiger partial charge in [-0.1, -0.05) is 13.8 Å². The van der Waals surface area contributed by atoms with Crippen LogP contribution in [0.1, 0.15) is 24.2 Å². The molecule has 1 rings (SSSR count). The van der Waals surface area contributed by atoms with Crippen molar-refractivity contribution in [1.82, 2.24) is 4.72 Å². The van der Waals surface area contributed by atoms with Crippen molar-refractivity contribution in [3.63, 3.8) is 0 Å². The third-order valence-electron chi connectivity index (χ3n) is 1.78. The Bertz CT molecular complexity index is 322. The van der Waals surface area contributed by atoms with E-state index in [9.17, 15) is 4.79 Å². The van der Waals surface area contributed by atoms with E-state index in [2.05, 4.69) is 18.6 Å². The summed E-state index contributed by atoms with van der Waals surface area (Å²) >= 11 is 1.53. The molecule has 0 aromatic heterocycles. The molecule has 82 valence electrons. The number of hydrogen-bond acceptors (Lipinski definition) is 3. The van der Waals surface area contributed by atoms with E-state index in [1.807, 2.05) is 0 Å². The predicted molar refractivity (Wildman–Crippen MR) is 62.1 cm³/mol. The summed E-state index contributed by atoms with van der Waals surface area (Å²) in [4.78, 5) is 11.6. The third kappa shape index (κ3) is 4.36. The lowest BCUT2D eigenvalue weighted by atomic mass is 10.2. The quantitative estimate of drug-likeness (QED) is 0.756. The number of nitrogens with one attached hydrogen (secondary N) is 1. The van der Waals surface area contributed by atoms with Gasteiger partial charge in [-0.3, -0.25) is 4.72 Å². The summed E-state index contributed by atoms with van der Waals surface area (Å²) in [6.07, 6.45) is 0.